The lowest BCUT2D eigenvalue weighted by Gasteiger charge is -2.28. The van der Waals surface area contributed by atoms with Crippen molar-refractivity contribution >= 4 is 5.91 Å². The highest BCUT2D eigenvalue weighted by molar-refractivity contribution is 5.94. The summed E-state index contributed by atoms with van der Waals surface area (Å²) >= 11 is 0. The zero-order valence-corrected chi connectivity index (χ0v) is 12.7. The van der Waals surface area contributed by atoms with Crippen LogP contribution in [0, 0.1) is 6.92 Å². The Morgan fingerprint density at radius 3 is 2.95 bits per heavy atom. The Balaban J connectivity index is 1.50. The fraction of sp³-hybridized carbons (Fsp3) is 0.353. The molecule has 114 valence electrons. The van der Waals surface area contributed by atoms with Crippen LogP contribution >= 0.6 is 0 Å². The monoisotopic (exact) mass is 296 g/mol. The summed E-state index contributed by atoms with van der Waals surface area (Å²) in [7, 11) is 0. The van der Waals surface area contributed by atoms with Gasteiger partial charge in [-0.15, -0.1) is 0 Å². The molecular weight excluding hydrogens is 276 g/mol. The van der Waals surface area contributed by atoms with E-state index < -0.39 is 0 Å². The van der Waals surface area contributed by atoms with E-state index in [1.54, 1.807) is 6.20 Å². The SMILES string of the molecule is Cc1ncncc1C(=O)NCCN1CCc2ccccc2C1. The lowest BCUT2D eigenvalue weighted by atomic mass is 10.00. The molecule has 3 rings (SSSR count). The minimum atomic E-state index is -0.101. The first-order chi connectivity index (χ1) is 10.7. The van der Waals surface area contributed by atoms with E-state index in [4.69, 9.17) is 0 Å². The van der Waals surface area contributed by atoms with E-state index in [-0.39, 0.29) is 5.91 Å². The maximum absolute atomic E-state index is 12.1. The van der Waals surface area contributed by atoms with Crippen LogP contribution in [-0.2, 0) is 13.0 Å². The van der Waals surface area contributed by atoms with Gasteiger partial charge in [0.15, 0.2) is 0 Å². The van der Waals surface area contributed by atoms with Crippen LogP contribution in [0.25, 0.3) is 0 Å². The summed E-state index contributed by atoms with van der Waals surface area (Å²) in [6, 6.07) is 8.57. The number of fused-ring (bicyclic) bond motifs is 1. The Morgan fingerprint density at radius 2 is 2.14 bits per heavy atom. The number of hydrogen-bond acceptors (Lipinski definition) is 4. The average Bonchev–Trinajstić information content (AvgIpc) is 2.55. The number of nitrogens with one attached hydrogen (secondary N) is 1. The van der Waals surface area contributed by atoms with E-state index in [2.05, 4.69) is 44.5 Å². The lowest BCUT2D eigenvalue weighted by molar-refractivity contribution is 0.0946. The van der Waals surface area contributed by atoms with Gasteiger partial charge in [-0.05, 0) is 24.5 Å². The minimum Gasteiger partial charge on any atom is -0.351 e. The molecular formula is C17H20N4O. The Bertz CT molecular complexity index is 671. The van der Waals surface area contributed by atoms with Crippen molar-refractivity contribution < 1.29 is 4.79 Å². The Hall–Kier alpha value is -2.27. The molecule has 1 N–H and O–H groups in total. The molecule has 0 saturated heterocycles. The van der Waals surface area contributed by atoms with Gasteiger partial charge < -0.3 is 5.32 Å². The molecule has 1 aromatic heterocycles. The first kappa shape index (κ1) is 14.7. The van der Waals surface area contributed by atoms with Crippen molar-refractivity contribution in [3.8, 4) is 0 Å². The van der Waals surface area contributed by atoms with Gasteiger partial charge in [0.1, 0.15) is 6.33 Å². The second-order valence-corrected chi connectivity index (χ2v) is 5.57. The van der Waals surface area contributed by atoms with Gasteiger partial charge >= 0.3 is 0 Å². The third kappa shape index (κ3) is 3.31. The van der Waals surface area contributed by atoms with Gasteiger partial charge in [0, 0.05) is 32.4 Å². The zero-order valence-electron chi connectivity index (χ0n) is 12.7. The van der Waals surface area contributed by atoms with Crippen molar-refractivity contribution in [3.05, 3.63) is 59.2 Å². The van der Waals surface area contributed by atoms with Crippen LogP contribution in [0.5, 0.6) is 0 Å². The molecule has 1 aromatic carbocycles. The number of carbonyl (C=O) groups is 1. The van der Waals surface area contributed by atoms with E-state index in [9.17, 15) is 4.79 Å². The predicted octanol–water partition coefficient (Wildman–Crippen LogP) is 1.57. The van der Waals surface area contributed by atoms with E-state index in [1.807, 2.05) is 6.92 Å². The minimum absolute atomic E-state index is 0.101. The standard InChI is InChI=1S/C17H20N4O/c1-13-16(10-18-12-20-13)17(22)19-7-9-21-8-6-14-4-2-3-5-15(14)11-21/h2-5,10,12H,6-9,11H2,1H3,(H,19,22). The second kappa shape index (κ2) is 6.66. The third-order valence-corrected chi connectivity index (χ3v) is 4.08. The van der Waals surface area contributed by atoms with Crippen molar-refractivity contribution in [2.75, 3.05) is 19.6 Å². The smallest absolute Gasteiger partial charge is 0.254 e. The van der Waals surface area contributed by atoms with Crippen LogP contribution in [-0.4, -0.2) is 40.4 Å². The average molecular weight is 296 g/mol. The highest BCUT2D eigenvalue weighted by atomic mass is 16.1. The Morgan fingerprint density at radius 1 is 1.32 bits per heavy atom. The summed E-state index contributed by atoms with van der Waals surface area (Å²) < 4.78 is 0. The normalized spacial score (nSPS) is 14.4. The van der Waals surface area contributed by atoms with Crippen LogP contribution in [0.1, 0.15) is 27.2 Å². The van der Waals surface area contributed by atoms with Gasteiger partial charge in [0.25, 0.3) is 5.91 Å². The largest absolute Gasteiger partial charge is 0.351 e. The van der Waals surface area contributed by atoms with E-state index in [1.165, 1.54) is 17.5 Å². The molecule has 5 nitrogen and oxygen atoms in total. The van der Waals surface area contributed by atoms with Crippen LogP contribution in [0.4, 0.5) is 0 Å². The summed E-state index contributed by atoms with van der Waals surface area (Å²) in [5.41, 5.74) is 4.10. The van der Waals surface area contributed by atoms with E-state index in [0.29, 0.717) is 17.8 Å². The molecule has 22 heavy (non-hydrogen) atoms. The molecule has 0 aliphatic carbocycles. The summed E-state index contributed by atoms with van der Waals surface area (Å²) in [5.74, 6) is -0.101. The zero-order chi connectivity index (χ0) is 15.4. The van der Waals surface area contributed by atoms with Gasteiger partial charge in [-0.1, -0.05) is 24.3 Å². The summed E-state index contributed by atoms with van der Waals surface area (Å²) in [5, 5.41) is 2.95. The van der Waals surface area contributed by atoms with E-state index >= 15 is 0 Å². The fourth-order valence-electron chi connectivity index (χ4n) is 2.78. The van der Waals surface area contributed by atoms with Crippen molar-refractivity contribution in [2.45, 2.75) is 19.9 Å². The van der Waals surface area contributed by atoms with Crippen LogP contribution in [0.2, 0.25) is 0 Å². The molecule has 0 radical (unpaired) electrons. The first-order valence-electron chi connectivity index (χ1n) is 7.58. The number of carbonyl (C=O) groups excluding carboxylic acids is 1. The first-order valence-corrected chi connectivity index (χ1v) is 7.58. The summed E-state index contributed by atoms with van der Waals surface area (Å²) in [4.78, 5) is 22.4. The molecule has 2 aromatic rings. The number of rotatable bonds is 4. The highest BCUT2D eigenvalue weighted by Crippen LogP contribution is 2.17. The molecule has 0 fully saturated rings. The molecule has 5 heteroatoms. The van der Waals surface area contributed by atoms with Crippen molar-refractivity contribution in [2.24, 2.45) is 0 Å². The van der Waals surface area contributed by atoms with Gasteiger partial charge in [0.05, 0.1) is 11.3 Å². The molecule has 0 atom stereocenters. The highest BCUT2D eigenvalue weighted by Gasteiger charge is 2.16. The molecule has 0 spiro atoms. The number of amides is 1. The van der Waals surface area contributed by atoms with E-state index in [0.717, 1.165) is 26.1 Å². The summed E-state index contributed by atoms with van der Waals surface area (Å²) in [6.07, 6.45) is 4.10. The maximum atomic E-state index is 12.1. The molecule has 0 bridgehead atoms. The number of benzene rings is 1. The fourth-order valence-corrected chi connectivity index (χ4v) is 2.78. The Labute approximate surface area is 130 Å². The molecule has 0 unspecified atom stereocenters. The second-order valence-electron chi connectivity index (χ2n) is 5.57. The topological polar surface area (TPSA) is 58.1 Å². The predicted molar refractivity (Wildman–Crippen MR) is 84.5 cm³/mol. The van der Waals surface area contributed by atoms with Gasteiger partial charge in [-0.25, -0.2) is 9.97 Å². The molecule has 1 amide bonds. The van der Waals surface area contributed by atoms with Gasteiger partial charge in [-0.2, -0.15) is 0 Å². The van der Waals surface area contributed by atoms with Crippen LogP contribution in [0.15, 0.2) is 36.8 Å². The van der Waals surface area contributed by atoms with Crippen LogP contribution < -0.4 is 5.32 Å². The van der Waals surface area contributed by atoms with Crippen LogP contribution in [0.3, 0.4) is 0 Å². The molecule has 1 aliphatic heterocycles. The molecule has 2 heterocycles. The number of hydrogen-bond donors (Lipinski definition) is 1. The van der Waals surface area contributed by atoms with Gasteiger partial charge in [-0.3, -0.25) is 9.69 Å². The number of aromatic nitrogens is 2. The number of aryl methyl sites for hydroxylation is 1. The molecule has 0 saturated carbocycles. The van der Waals surface area contributed by atoms with Crippen molar-refractivity contribution in [3.63, 3.8) is 0 Å². The van der Waals surface area contributed by atoms with Crippen molar-refractivity contribution in [1.29, 1.82) is 0 Å². The molecule has 1 aliphatic rings. The third-order valence-electron chi connectivity index (χ3n) is 4.08. The maximum Gasteiger partial charge on any atom is 0.254 e. The summed E-state index contributed by atoms with van der Waals surface area (Å²) in [6.45, 7) is 5.31. The van der Waals surface area contributed by atoms with Gasteiger partial charge in [0.2, 0.25) is 0 Å². The Kier molecular flexibility index (Phi) is 4.44. The number of nitrogens with zero attached hydrogens (tertiary/aromatic N) is 3. The van der Waals surface area contributed by atoms with Crippen molar-refractivity contribution in [1.82, 2.24) is 20.2 Å². The quantitative estimate of drug-likeness (QED) is 0.930. The lowest BCUT2D eigenvalue weighted by Crippen LogP contribution is -2.38.